The van der Waals surface area contributed by atoms with Crippen LogP contribution in [0.3, 0.4) is 0 Å². The molecule has 3 rings (SSSR count). The van der Waals surface area contributed by atoms with E-state index in [2.05, 4.69) is 17.2 Å². The molecule has 2 aromatic rings. The van der Waals surface area contributed by atoms with Crippen molar-refractivity contribution in [1.82, 2.24) is 10.6 Å². The average Bonchev–Trinajstić information content (AvgIpc) is 3.06. The van der Waals surface area contributed by atoms with Crippen molar-refractivity contribution in [2.45, 2.75) is 26.3 Å². The van der Waals surface area contributed by atoms with Crippen molar-refractivity contribution in [3.63, 3.8) is 0 Å². The van der Waals surface area contributed by atoms with Crippen molar-refractivity contribution < 1.29 is 13.9 Å². The number of guanidine groups is 1. The van der Waals surface area contributed by atoms with Crippen LogP contribution >= 0.6 is 24.0 Å². The number of rotatable bonds is 7. The van der Waals surface area contributed by atoms with Crippen LogP contribution in [0.4, 0.5) is 0 Å². The third-order valence-corrected chi connectivity index (χ3v) is 4.06. The molecule has 0 amide bonds. The molecule has 0 saturated carbocycles. The summed E-state index contributed by atoms with van der Waals surface area (Å²) in [4.78, 5) is 4.71. The van der Waals surface area contributed by atoms with E-state index in [0.717, 1.165) is 53.7 Å². The van der Waals surface area contributed by atoms with Crippen molar-refractivity contribution >= 4 is 29.9 Å². The predicted molar refractivity (Wildman–Crippen MR) is 122 cm³/mol. The highest BCUT2D eigenvalue weighted by Crippen LogP contribution is 2.33. The number of hydrogen-bond acceptors (Lipinski definition) is 4. The first kappa shape index (κ1) is 22.1. The normalized spacial score (nSPS) is 13.2. The van der Waals surface area contributed by atoms with Gasteiger partial charge in [-0.3, -0.25) is 0 Å². The highest BCUT2D eigenvalue weighted by atomic mass is 127. The maximum atomic E-state index is 5.88. The monoisotopic (exact) mass is 497 g/mol. The molecular formula is C21H28IN3O3. The van der Waals surface area contributed by atoms with Crippen LogP contribution in [-0.4, -0.2) is 32.3 Å². The highest BCUT2D eigenvalue weighted by Gasteiger charge is 2.14. The first-order valence-electron chi connectivity index (χ1n) is 9.29. The molecule has 2 heterocycles. The molecule has 0 spiro atoms. The number of para-hydroxylation sites is 1. The maximum Gasteiger partial charge on any atom is 0.191 e. The molecule has 0 radical (unpaired) electrons. The lowest BCUT2D eigenvalue weighted by Crippen LogP contribution is -2.39. The molecule has 1 aromatic heterocycles. The Balaban J connectivity index is 0.00000280. The summed E-state index contributed by atoms with van der Waals surface area (Å²) in [6.07, 6.45) is 3.36. The summed E-state index contributed by atoms with van der Waals surface area (Å²) in [7, 11) is 0. The Morgan fingerprint density at radius 2 is 2.00 bits per heavy atom. The lowest BCUT2D eigenvalue weighted by molar-refractivity contribution is 0.296. The number of benzene rings is 1. The van der Waals surface area contributed by atoms with Crippen LogP contribution in [-0.2, 0) is 13.0 Å². The lowest BCUT2D eigenvalue weighted by Gasteiger charge is -2.14. The molecule has 1 aliphatic rings. The Hall–Kier alpha value is -2.16. The number of aliphatic imine (C=N–C) groups is 1. The topological polar surface area (TPSA) is 68.0 Å². The molecule has 0 atom stereocenters. The van der Waals surface area contributed by atoms with Gasteiger partial charge < -0.3 is 24.5 Å². The van der Waals surface area contributed by atoms with Gasteiger partial charge in [0, 0.05) is 31.5 Å². The van der Waals surface area contributed by atoms with E-state index in [1.165, 1.54) is 0 Å². The van der Waals surface area contributed by atoms with Crippen molar-refractivity contribution in [1.29, 1.82) is 0 Å². The second-order valence-electron chi connectivity index (χ2n) is 6.53. The number of hydrogen-bond donors (Lipinski definition) is 2. The molecule has 0 unspecified atom stereocenters. The summed E-state index contributed by atoms with van der Waals surface area (Å²) in [6.45, 7) is 9.15. The number of nitrogens with zero attached hydrogens (tertiary/aromatic N) is 1. The number of nitrogens with one attached hydrogen (secondary N) is 2. The molecule has 28 heavy (non-hydrogen) atoms. The predicted octanol–water partition coefficient (Wildman–Crippen LogP) is 3.91. The van der Waals surface area contributed by atoms with Gasteiger partial charge in [0.15, 0.2) is 17.5 Å². The van der Waals surface area contributed by atoms with Crippen LogP contribution in [0.1, 0.15) is 24.7 Å². The first-order valence-corrected chi connectivity index (χ1v) is 9.29. The van der Waals surface area contributed by atoms with Crippen LogP contribution in [0.5, 0.6) is 11.5 Å². The summed E-state index contributed by atoms with van der Waals surface area (Å²) in [5, 5.41) is 6.64. The summed E-state index contributed by atoms with van der Waals surface area (Å²) >= 11 is 0. The van der Waals surface area contributed by atoms with E-state index in [4.69, 9.17) is 18.9 Å². The van der Waals surface area contributed by atoms with Gasteiger partial charge in [0.05, 0.1) is 26.0 Å². The van der Waals surface area contributed by atoms with Gasteiger partial charge in [0.25, 0.3) is 0 Å². The van der Waals surface area contributed by atoms with Gasteiger partial charge in [-0.05, 0) is 25.1 Å². The fourth-order valence-electron chi connectivity index (χ4n) is 2.71. The van der Waals surface area contributed by atoms with E-state index in [0.29, 0.717) is 26.3 Å². The average molecular weight is 497 g/mol. The lowest BCUT2D eigenvalue weighted by atomic mass is 10.2. The third-order valence-electron chi connectivity index (χ3n) is 4.06. The van der Waals surface area contributed by atoms with Crippen LogP contribution in [0.25, 0.3) is 0 Å². The summed E-state index contributed by atoms with van der Waals surface area (Å²) in [6, 6.07) is 9.80. The number of fused-ring (bicyclic) bond motifs is 1. The smallest absolute Gasteiger partial charge is 0.191 e. The SMILES string of the molecule is C=C(C)CNC(=NCc1cccc2c1OCCCO2)NCCc1ccco1.I. The Morgan fingerprint density at radius 3 is 2.79 bits per heavy atom. The Labute approximate surface area is 183 Å². The fraction of sp³-hybridized carbons (Fsp3) is 0.381. The van der Waals surface area contributed by atoms with Crippen molar-refractivity contribution in [2.24, 2.45) is 4.99 Å². The molecule has 0 saturated heterocycles. The first-order chi connectivity index (χ1) is 13.2. The van der Waals surface area contributed by atoms with Gasteiger partial charge in [-0.15, -0.1) is 24.0 Å². The van der Waals surface area contributed by atoms with E-state index < -0.39 is 0 Å². The van der Waals surface area contributed by atoms with E-state index in [9.17, 15) is 0 Å². The Morgan fingerprint density at radius 1 is 1.14 bits per heavy atom. The van der Waals surface area contributed by atoms with Crippen molar-refractivity contribution in [3.8, 4) is 11.5 Å². The minimum absolute atomic E-state index is 0. The zero-order valence-electron chi connectivity index (χ0n) is 16.2. The summed E-state index contributed by atoms with van der Waals surface area (Å²) < 4.78 is 17.0. The van der Waals surface area contributed by atoms with Crippen LogP contribution in [0.2, 0.25) is 0 Å². The van der Waals surface area contributed by atoms with Gasteiger partial charge in [-0.25, -0.2) is 4.99 Å². The number of furan rings is 1. The van der Waals surface area contributed by atoms with E-state index in [-0.39, 0.29) is 24.0 Å². The second kappa shape index (κ2) is 11.6. The van der Waals surface area contributed by atoms with Crippen LogP contribution < -0.4 is 20.1 Å². The fourth-order valence-corrected chi connectivity index (χ4v) is 2.71. The quantitative estimate of drug-likeness (QED) is 0.263. The van der Waals surface area contributed by atoms with Crippen molar-refractivity contribution in [2.75, 3.05) is 26.3 Å². The van der Waals surface area contributed by atoms with Gasteiger partial charge in [-0.2, -0.15) is 0 Å². The standard InChI is InChI=1S/C21H27N3O3.HI/c1-16(2)14-23-21(22-10-9-18-7-4-11-25-18)24-15-17-6-3-8-19-20(17)27-13-5-12-26-19;/h3-4,6-8,11H,1,5,9-10,12-15H2,2H3,(H2,22,23,24);1H. The largest absolute Gasteiger partial charge is 0.490 e. The molecule has 0 aliphatic carbocycles. The van der Waals surface area contributed by atoms with Crippen LogP contribution in [0.15, 0.2) is 58.2 Å². The molecule has 152 valence electrons. The molecule has 7 heteroatoms. The van der Waals surface area contributed by atoms with E-state index in [1.54, 1.807) is 6.26 Å². The zero-order valence-corrected chi connectivity index (χ0v) is 18.5. The molecule has 1 aromatic carbocycles. The third kappa shape index (κ3) is 6.78. The molecule has 1 aliphatic heterocycles. The number of halogens is 1. The van der Waals surface area contributed by atoms with E-state index in [1.807, 2.05) is 37.3 Å². The minimum atomic E-state index is 0. The van der Waals surface area contributed by atoms with Crippen molar-refractivity contribution in [3.05, 3.63) is 60.1 Å². The van der Waals surface area contributed by atoms with Gasteiger partial charge in [0.2, 0.25) is 0 Å². The highest BCUT2D eigenvalue weighted by molar-refractivity contribution is 14.0. The van der Waals surface area contributed by atoms with Gasteiger partial charge >= 0.3 is 0 Å². The second-order valence-corrected chi connectivity index (χ2v) is 6.53. The summed E-state index contributed by atoms with van der Waals surface area (Å²) in [5.74, 6) is 3.27. The van der Waals surface area contributed by atoms with Gasteiger partial charge in [-0.1, -0.05) is 24.3 Å². The summed E-state index contributed by atoms with van der Waals surface area (Å²) in [5.41, 5.74) is 2.05. The Bertz CT molecular complexity index is 775. The molecule has 6 nitrogen and oxygen atoms in total. The zero-order chi connectivity index (χ0) is 18.9. The molecule has 2 N–H and O–H groups in total. The maximum absolute atomic E-state index is 5.88. The molecular weight excluding hydrogens is 469 g/mol. The molecule has 0 fully saturated rings. The van der Waals surface area contributed by atoms with Crippen LogP contribution in [0, 0.1) is 0 Å². The molecule has 0 bridgehead atoms. The number of ether oxygens (including phenoxy) is 2. The minimum Gasteiger partial charge on any atom is -0.490 e. The van der Waals surface area contributed by atoms with Gasteiger partial charge in [0.1, 0.15) is 5.76 Å². The Kier molecular flexibility index (Phi) is 9.19. The van der Waals surface area contributed by atoms with E-state index >= 15 is 0 Å².